The van der Waals surface area contributed by atoms with Gasteiger partial charge in [0.05, 0.1) is 17.7 Å². The molecular formula is C18H18FN3O3S. The molecular weight excluding hydrogens is 357 g/mol. The zero-order valence-corrected chi connectivity index (χ0v) is 15.1. The summed E-state index contributed by atoms with van der Waals surface area (Å²) in [5.74, 6) is -0.146. The standard InChI is InChI=1S/C18H18FN3O3S/c1-20-12-13-10-18(22(21-13)17-9-4-3-8-16(17)19)26(23,24)15-7-5-6-14(11-15)25-2/h3-11,20H,12H2,1-2H3. The van der Waals surface area contributed by atoms with Crippen LogP contribution >= 0.6 is 0 Å². The minimum Gasteiger partial charge on any atom is -0.497 e. The Labute approximate surface area is 151 Å². The van der Waals surface area contributed by atoms with Gasteiger partial charge in [-0.2, -0.15) is 5.10 Å². The molecule has 0 atom stereocenters. The summed E-state index contributed by atoms with van der Waals surface area (Å²) in [7, 11) is -0.759. The summed E-state index contributed by atoms with van der Waals surface area (Å²) < 4.78 is 46.8. The Morgan fingerprint density at radius 2 is 1.92 bits per heavy atom. The maximum absolute atomic E-state index is 14.3. The number of para-hydroxylation sites is 1. The highest BCUT2D eigenvalue weighted by atomic mass is 32.2. The van der Waals surface area contributed by atoms with Crippen LogP contribution < -0.4 is 10.1 Å². The average molecular weight is 375 g/mol. The fourth-order valence-corrected chi connectivity index (χ4v) is 3.98. The number of nitrogens with zero attached hydrogens (tertiary/aromatic N) is 2. The lowest BCUT2D eigenvalue weighted by Gasteiger charge is -2.10. The van der Waals surface area contributed by atoms with E-state index in [0.717, 1.165) is 4.68 Å². The molecule has 2 aromatic carbocycles. The van der Waals surface area contributed by atoms with E-state index in [1.807, 2.05) is 0 Å². The molecule has 1 aromatic heterocycles. The van der Waals surface area contributed by atoms with Crippen molar-refractivity contribution in [1.29, 1.82) is 0 Å². The Kier molecular flexibility index (Phi) is 5.06. The molecule has 0 spiro atoms. The Balaban J connectivity index is 2.21. The van der Waals surface area contributed by atoms with E-state index < -0.39 is 15.7 Å². The molecule has 0 aliphatic carbocycles. The molecule has 3 rings (SSSR count). The van der Waals surface area contributed by atoms with Crippen molar-refractivity contribution in [1.82, 2.24) is 15.1 Å². The van der Waals surface area contributed by atoms with Crippen LogP contribution in [0.1, 0.15) is 5.69 Å². The summed E-state index contributed by atoms with van der Waals surface area (Å²) in [5.41, 5.74) is 0.550. The summed E-state index contributed by atoms with van der Waals surface area (Å²) in [6.07, 6.45) is 0. The van der Waals surface area contributed by atoms with Crippen LogP contribution in [0.5, 0.6) is 5.75 Å². The number of hydrogen-bond donors (Lipinski definition) is 1. The number of nitrogens with one attached hydrogen (secondary N) is 1. The predicted octanol–water partition coefficient (Wildman–Crippen LogP) is 2.57. The van der Waals surface area contributed by atoms with Crippen LogP contribution in [0.4, 0.5) is 4.39 Å². The molecule has 0 aliphatic rings. The molecule has 0 fully saturated rings. The van der Waals surface area contributed by atoms with Crippen molar-refractivity contribution in [2.75, 3.05) is 14.2 Å². The SMILES string of the molecule is CNCc1cc(S(=O)(=O)c2cccc(OC)c2)n(-c2ccccc2F)n1. The zero-order valence-electron chi connectivity index (χ0n) is 14.3. The number of aromatic nitrogens is 2. The molecule has 26 heavy (non-hydrogen) atoms. The van der Waals surface area contributed by atoms with Crippen LogP contribution in [-0.2, 0) is 16.4 Å². The minimum atomic E-state index is -3.94. The number of ether oxygens (including phenoxy) is 1. The van der Waals surface area contributed by atoms with E-state index in [-0.39, 0.29) is 15.6 Å². The van der Waals surface area contributed by atoms with Gasteiger partial charge in [-0.1, -0.05) is 18.2 Å². The Bertz CT molecular complexity index is 1030. The summed E-state index contributed by atoms with van der Waals surface area (Å²) in [6, 6.07) is 13.5. The van der Waals surface area contributed by atoms with Gasteiger partial charge < -0.3 is 10.1 Å². The van der Waals surface area contributed by atoms with Gasteiger partial charge in [0.15, 0.2) is 5.03 Å². The maximum Gasteiger partial charge on any atom is 0.224 e. The number of halogens is 1. The van der Waals surface area contributed by atoms with Crippen molar-refractivity contribution in [2.45, 2.75) is 16.5 Å². The van der Waals surface area contributed by atoms with Gasteiger partial charge in [-0.25, -0.2) is 17.5 Å². The van der Waals surface area contributed by atoms with Gasteiger partial charge in [0.1, 0.15) is 17.3 Å². The molecule has 1 N–H and O–H groups in total. The van der Waals surface area contributed by atoms with Crippen LogP contribution in [0.2, 0.25) is 0 Å². The van der Waals surface area contributed by atoms with E-state index in [0.29, 0.717) is 18.0 Å². The molecule has 0 bridgehead atoms. The molecule has 1 heterocycles. The van der Waals surface area contributed by atoms with Gasteiger partial charge in [-0.05, 0) is 37.4 Å². The molecule has 0 aliphatic heterocycles. The van der Waals surface area contributed by atoms with Crippen molar-refractivity contribution in [3.05, 3.63) is 66.1 Å². The lowest BCUT2D eigenvalue weighted by atomic mass is 10.3. The van der Waals surface area contributed by atoms with E-state index >= 15 is 0 Å². The first kappa shape index (κ1) is 18.1. The maximum atomic E-state index is 14.3. The highest BCUT2D eigenvalue weighted by molar-refractivity contribution is 7.91. The smallest absolute Gasteiger partial charge is 0.224 e. The van der Waals surface area contributed by atoms with Crippen molar-refractivity contribution in [3.8, 4) is 11.4 Å². The fraction of sp³-hybridized carbons (Fsp3) is 0.167. The van der Waals surface area contributed by atoms with E-state index in [1.54, 1.807) is 25.2 Å². The normalized spacial score (nSPS) is 11.5. The fourth-order valence-electron chi connectivity index (χ4n) is 2.55. The molecule has 0 radical (unpaired) electrons. The van der Waals surface area contributed by atoms with Gasteiger partial charge in [0.25, 0.3) is 0 Å². The second-order valence-corrected chi connectivity index (χ2v) is 7.45. The molecule has 8 heteroatoms. The van der Waals surface area contributed by atoms with Crippen LogP contribution in [0, 0.1) is 5.82 Å². The Morgan fingerprint density at radius 1 is 1.15 bits per heavy atom. The largest absolute Gasteiger partial charge is 0.497 e. The van der Waals surface area contributed by atoms with Crippen LogP contribution in [0.3, 0.4) is 0 Å². The quantitative estimate of drug-likeness (QED) is 0.717. The van der Waals surface area contributed by atoms with E-state index in [4.69, 9.17) is 4.74 Å². The Morgan fingerprint density at radius 3 is 2.62 bits per heavy atom. The molecule has 6 nitrogen and oxygen atoms in total. The molecule has 136 valence electrons. The van der Waals surface area contributed by atoms with Crippen molar-refractivity contribution >= 4 is 9.84 Å². The monoisotopic (exact) mass is 375 g/mol. The summed E-state index contributed by atoms with van der Waals surface area (Å²) in [6.45, 7) is 0.349. The lowest BCUT2D eigenvalue weighted by molar-refractivity contribution is 0.413. The van der Waals surface area contributed by atoms with Crippen LogP contribution in [-0.4, -0.2) is 32.4 Å². The van der Waals surface area contributed by atoms with Crippen LogP contribution in [0.25, 0.3) is 5.69 Å². The number of rotatable bonds is 6. The van der Waals surface area contributed by atoms with Gasteiger partial charge in [-0.15, -0.1) is 0 Å². The first-order valence-corrected chi connectivity index (χ1v) is 9.33. The predicted molar refractivity (Wildman–Crippen MR) is 94.7 cm³/mol. The average Bonchev–Trinajstić information content (AvgIpc) is 3.07. The van der Waals surface area contributed by atoms with E-state index in [2.05, 4.69) is 10.4 Å². The highest BCUT2D eigenvalue weighted by Crippen LogP contribution is 2.27. The van der Waals surface area contributed by atoms with Gasteiger partial charge in [0.2, 0.25) is 9.84 Å². The second-order valence-electron chi connectivity index (χ2n) is 5.55. The number of benzene rings is 2. The van der Waals surface area contributed by atoms with E-state index in [9.17, 15) is 12.8 Å². The summed E-state index contributed by atoms with van der Waals surface area (Å²) in [5, 5.41) is 7.07. The topological polar surface area (TPSA) is 73.2 Å². The molecule has 0 amide bonds. The van der Waals surface area contributed by atoms with Crippen molar-refractivity contribution in [2.24, 2.45) is 0 Å². The van der Waals surface area contributed by atoms with Gasteiger partial charge in [-0.3, -0.25) is 0 Å². The van der Waals surface area contributed by atoms with Crippen LogP contribution in [0.15, 0.2) is 64.5 Å². The van der Waals surface area contributed by atoms with Gasteiger partial charge in [0, 0.05) is 12.6 Å². The second kappa shape index (κ2) is 7.27. The highest BCUT2D eigenvalue weighted by Gasteiger charge is 2.26. The summed E-state index contributed by atoms with van der Waals surface area (Å²) >= 11 is 0. The minimum absolute atomic E-state index is 0.0466. The first-order chi connectivity index (χ1) is 12.5. The summed E-state index contributed by atoms with van der Waals surface area (Å²) in [4.78, 5) is 0.0466. The molecule has 0 saturated heterocycles. The third kappa shape index (κ3) is 3.33. The van der Waals surface area contributed by atoms with Gasteiger partial charge >= 0.3 is 0 Å². The third-order valence-electron chi connectivity index (χ3n) is 3.79. The third-order valence-corrected chi connectivity index (χ3v) is 5.51. The zero-order chi connectivity index (χ0) is 18.7. The Hall–Kier alpha value is -2.71. The van der Waals surface area contributed by atoms with E-state index in [1.165, 1.54) is 43.5 Å². The first-order valence-electron chi connectivity index (χ1n) is 7.85. The lowest BCUT2D eigenvalue weighted by Crippen LogP contribution is -2.11. The molecule has 0 saturated carbocycles. The number of hydrogen-bond acceptors (Lipinski definition) is 5. The molecule has 0 unspecified atom stereocenters. The number of sulfone groups is 1. The van der Waals surface area contributed by atoms with Crippen molar-refractivity contribution in [3.63, 3.8) is 0 Å². The number of methoxy groups -OCH3 is 1. The van der Waals surface area contributed by atoms with Crippen molar-refractivity contribution < 1.29 is 17.5 Å². The molecule has 3 aromatic rings.